The fourth-order valence-electron chi connectivity index (χ4n) is 4.28. The van der Waals surface area contributed by atoms with Gasteiger partial charge in [-0.2, -0.15) is 9.97 Å². The maximum absolute atomic E-state index is 12.8. The third-order valence-corrected chi connectivity index (χ3v) is 6.57. The molecular formula is C29H36N9NaO8. The maximum Gasteiger partial charge on any atom is 1.00 e. The molecule has 0 aliphatic heterocycles. The molecule has 0 fully saturated rings. The van der Waals surface area contributed by atoms with Crippen molar-refractivity contribution >= 4 is 58.3 Å². The Morgan fingerprint density at radius 1 is 0.915 bits per heavy atom. The third-order valence-electron chi connectivity index (χ3n) is 6.57. The molecule has 0 bridgehead atoms. The van der Waals surface area contributed by atoms with Crippen molar-refractivity contribution in [1.29, 1.82) is 0 Å². The first-order chi connectivity index (χ1) is 21.9. The van der Waals surface area contributed by atoms with Gasteiger partial charge in [-0.05, 0) is 51.0 Å². The van der Waals surface area contributed by atoms with Crippen molar-refractivity contribution in [2.45, 2.75) is 58.2 Å². The number of aliphatic carboxylic acids is 1. The van der Waals surface area contributed by atoms with E-state index in [4.69, 9.17) is 20.9 Å². The summed E-state index contributed by atoms with van der Waals surface area (Å²) >= 11 is 0. The summed E-state index contributed by atoms with van der Waals surface area (Å²) in [4.78, 5) is 79.5. The molecule has 2 amide bonds. The number of aromatic nitrogens is 4. The van der Waals surface area contributed by atoms with Crippen LogP contribution >= 0.6 is 0 Å². The summed E-state index contributed by atoms with van der Waals surface area (Å²) in [7, 11) is 1.80. The van der Waals surface area contributed by atoms with Crippen molar-refractivity contribution in [1.82, 2.24) is 30.6 Å². The number of fused-ring (bicyclic) bond motifs is 1. The number of amides is 2. The second-order valence-electron chi connectivity index (χ2n) is 10.0. The van der Waals surface area contributed by atoms with Crippen molar-refractivity contribution < 1.29 is 68.1 Å². The number of anilines is 3. The summed E-state index contributed by atoms with van der Waals surface area (Å²) < 4.78 is 9.79. The number of carbonyl (C=O) groups is 5. The van der Waals surface area contributed by atoms with Gasteiger partial charge in [0.2, 0.25) is 11.9 Å². The van der Waals surface area contributed by atoms with E-state index in [1.165, 1.54) is 18.3 Å². The number of benzene rings is 1. The zero-order valence-electron chi connectivity index (χ0n) is 26.6. The molecule has 0 radical (unpaired) electrons. The molecule has 0 spiro atoms. The molecular weight excluding hydrogens is 625 g/mol. The van der Waals surface area contributed by atoms with E-state index in [-0.39, 0.29) is 91.4 Å². The molecule has 18 heteroatoms. The average molecular weight is 662 g/mol. The van der Waals surface area contributed by atoms with Crippen LogP contribution in [0.1, 0.15) is 55.6 Å². The van der Waals surface area contributed by atoms with Crippen molar-refractivity contribution in [2.24, 2.45) is 0 Å². The predicted octanol–water partition coefficient (Wildman–Crippen LogP) is -3.76. The largest absolute Gasteiger partial charge is 1.00 e. The van der Waals surface area contributed by atoms with Gasteiger partial charge in [-0.25, -0.2) is 14.8 Å². The molecule has 6 N–H and O–H groups in total. The first kappa shape index (κ1) is 38.6. The van der Waals surface area contributed by atoms with Gasteiger partial charge >= 0.3 is 41.5 Å². The van der Waals surface area contributed by atoms with Crippen LogP contribution in [-0.2, 0) is 35.2 Å². The van der Waals surface area contributed by atoms with Crippen molar-refractivity contribution in [3.63, 3.8) is 0 Å². The Balaban J connectivity index is 0.00000768. The molecule has 3 rings (SSSR count). The van der Waals surface area contributed by atoms with Crippen LogP contribution in [0.3, 0.4) is 0 Å². The molecule has 0 saturated heterocycles. The molecule has 1 aromatic carbocycles. The quantitative estimate of drug-likeness (QED) is 0.0849. The molecule has 17 nitrogen and oxygen atoms in total. The van der Waals surface area contributed by atoms with Gasteiger partial charge in [0.1, 0.15) is 6.04 Å². The van der Waals surface area contributed by atoms with Crippen LogP contribution < -0.4 is 61.7 Å². The van der Waals surface area contributed by atoms with Crippen LogP contribution in [-0.4, -0.2) is 82.0 Å². The van der Waals surface area contributed by atoms with Crippen molar-refractivity contribution in [3.05, 3.63) is 41.7 Å². The summed E-state index contributed by atoms with van der Waals surface area (Å²) in [5.41, 5.74) is 13.5. The number of hydrogen-bond acceptors (Lipinski definition) is 15. The first-order valence-corrected chi connectivity index (χ1v) is 14.4. The SMILES string of the molecule is CCOC(=O)CC[C@H](NC(=O)CC[C@H](NC(=O)c1ccc(N(C)Cc2cnc3nc(N)nc(N)c3n2)cc1)C(=O)[O-])C(=O)OCC.[Na+]. The van der Waals surface area contributed by atoms with Gasteiger partial charge in [0.05, 0.1) is 43.7 Å². The van der Waals surface area contributed by atoms with Crippen LogP contribution in [0.15, 0.2) is 30.5 Å². The second kappa shape index (κ2) is 18.5. The zero-order valence-corrected chi connectivity index (χ0v) is 28.6. The maximum atomic E-state index is 12.8. The number of carbonyl (C=O) groups excluding carboxylic acids is 5. The van der Waals surface area contributed by atoms with Gasteiger partial charge in [0.25, 0.3) is 5.91 Å². The number of nitrogens with two attached hydrogens (primary N) is 2. The molecule has 47 heavy (non-hydrogen) atoms. The smallest absolute Gasteiger partial charge is 0.548 e. The Morgan fingerprint density at radius 2 is 1.57 bits per heavy atom. The Morgan fingerprint density at radius 3 is 2.21 bits per heavy atom. The molecule has 0 saturated carbocycles. The van der Waals surface area contributed by atoms with Crippen molar-refractivity contribution in [3.8, 4) is 0 Å². The number of nitrogens with zero attached hydrogens (tertiary/aromatic N) is 5. The van der Waals surface area contributed by atoms with Gasteiger partial charge in [-0.3, -0.25) is 14.4 Å². The standard InChI is InChI=1S/C29H37N9O8.Na/c1-4-45-22(40)13-11-20(28(44)46-5-2)34-21(39)12-10-19(27(42)43)35-26(41)16-6-8-18(9-7-16)38(3)15-17-14-32-25-23(33-17)24(30)36-29(31)37-25;/h6-9,14,19-20H,4-5,10-13,15H2,1-3H3,(H,34,39)(H,35,41)(H,42,43)(H4,30,31,32,36,37);/q;+1/p-1/t19-,20-;/m0./s1. The van der Waals surface area contributed by atoms with E-state index < -0.39 is 41.8 Å². The fourth-order valence-corrected chi connectivity index (χ4v) is 4.28. The number of esters is 2. The number of nitrogens with one attached hydrogen (secondary N) is 2. The predicted molar refractivity (Wildman–Crippen MR) is 162 cm³/mol. The molecule has 2 heterocycles. The Bertz CT molecular complexity index is 1580. The second-order valence-corrected chi connectivity index (χ2v) is 10.0. The number of carboxylic acid groups (broad SMARTS) is 1. The van der Waals surface area contributed by atoms with Crippen LogP contribution in [0.2, 0.25) is 0 Å². The number of ether oxygens (including phenoxy) is 2. The summed E-state index contributed by atoms with van der Waals surface area (Å²) in [6.45, 7) is 3.78. The normalized spacial score (nSPS) is 11.8. The van der Waals surface area contributed by atoms with Crippen LogP contribution in [0.25, 0.3) is 11.2 Å². The first-order valence-electron chi connectivity index (χ1n) is 14.4. The van der Waals surface area contributed by atoms with E-state index in [0.29, 0.717) is 23.4 Å². The molecule has 2 aromatic heterocycles. The topological polar surface area (TPSA) is 258 Å². The summed E-state index contributed by atoms with van der Waals surface area (Å²) in [5.74, 6) is -4.15. The monoisotopic (exact) mass is 661 g/mol. The summed E-state index contributed by atoms with van der Waals surface area (Å²) in [6, 6.07) is 3.70. The van der Waals surface area contributed by atoms with Crippen LogP contribution in [0, 0.1) is 0 Å². The molecule has 246 valence electrons. The Hall–Kier alpha value is -4.61. The Kier molecular flexibility index (Phi) is 15.2. The third kappa shape index (κ3) is 11.6. The van der Waals surface area contributed by atoms with Gasteiger partial charge in [0, 0.05) is 31.1 Å². The molecule has 3 aromatic rings. The average Bonchev–Trinajstić information content (AvgIpc) is 3.01. The number of rotatable bonds is 16. The van der Waals surface area contributed by atoms with Crippen molar-refractivity contribution in [2.75, 3.05) is 36.6 Å². The van der Waals surface area contributed by atoms with Gasteiger partial charge in [-0.15, -0.1) is 0 Å². The summed E-state index contributed by atoms with van der Waals surface area (Å²) in [6.07, 6.45) is 0.656. The van der Waals surface area contributed by atoms with E-state index in [2.05, 4.69) is 30.6 Å². The van der Waals surface area contributed by atoms with E-state index >= 15 is 0 Å². The minimum atomic E-state index is -1.59. The minimum absolute atomic E-state index is 0. The number of carboxylic acids is 1. The molecule has 2 atom stereocenters. The Labute approximate surface area is 292 Å². The molecule has 0 aliphatic rings. The van der Waals surface area contributed by atoms with Gasteiger partial charge in [0.15, 0.2) is 17.0 Å². The van der Waals surface area contributed by atoms with Gasteiger partial charge in [-0.1, -0.05) is 0 Å². The van der Waals surface area contributed by atoms with E-state index in [1.54, 1.807) is 33.0 Å². The van der Waals surface area contributed by atoms with E-state index in [9.17, 15) is 29.1 Å². The minimum Gasteiger partial charge on any atom is -0.548 e. The molecule has 0 aliphatic carbocycles. The number of nitrogen functional groups attached to an aromatic ring is 2. The summed E-state index contributed by atoms with van der Waals surface area (Å²) in [5, 5.41) is 16.6. The van der Waals surface area contributed by atoms with Crippen LogP contribution in [0.5, 0.6) is 0 Å². The number of hydrogen-bond donors (Lipinski definition) is 4. The fraction of sp³-hybridized carbons (Fsp3) is 0.414. The van der Waals surface area contributed by atoms with Crippen LogP contribution in [0.4, 0.5) is 17.5 Å². The zero-order chi connectivity index (χ0) is 33.8. The van der Waals surface area contributed by atoms with E-state index in [1.807, 2.05) is 4.90 Å². The van der Waals surface area contributed by atoms with Gasteiger partial charge < -0.3 is 46.4 Å². The molecule has 0 unspecified atom stereocenters. The van der Waals surface area contributed by atoms with E-state index in [0.717, 1.165) is 0 Å².